The third-order valence-electron chi connectivity index (χ3n) is 4.65. The quantitative estimate of drug-likeness (QED) is 0.791. The highest BCUT2D eigenvalue weighted by molar-refractivity contribution is 5.76. The maximum atomic E-state index is 12.2. The Morgan fingerprint density at radius 2 is 1.85 bits per heavy atom. The average molecular weight is 283 g/mol. The topological polar surface area (TPSA) is 48.0 Å². The highest BCUT2D eigenvalue weighted by Crippen LogP contribution is 2.31. The molecule has 3 saturated heterocycles. The zero-order valence-corrected chi connectivity index (χ0v) is 12.1. The summed E-state index contributed by atoms with van der Waals surface area (Å²) >= 11 is 0. The first kappa shape index (κ1) is 14.3. The van der Waals surface area contributed by atoms with Crippen LogP contribution in [-0.4, -0.2) is 55.6 Å². The molecule has 0 saturated carbocycles. The molecule has 0 bridgehead atoms. The van der Waals surface area contributed by atoms with E-state index in [2.05, 4.69) is 0 Å². The minimum absolute atomic E-state index is 0.257. The summed E-state index contributed by atoms with van der Waals surface area (Å²) in [6.07, 6.45) is 6.89. The normalized spacial score (nSPS) is 29.8. The second-order valence-corrected chi connectivity index (χ2v) is 6.02. The Morgan fingerprint density at radius 1 is 1.10 bits per heavy atom. The van der Waals surface area contributed by atoms with E-state index in [4.69, 9.17) is 14.2 Å². The summed E-state index contributed by atoms with van der Waals surface area (Å²) in [5.74, 6) is -0.129. The number of amides is 1. The zero-order chi connectivity index (χ0) is 13.8. The van der Waals surface area contributed by atoms with E-state index in [1.165, 1.54) is 12.8 Å². The van der Waals surface area contributed by atoms with Gasteiger partial charge in [-0.15, -0.1) is 0 Å². The van der Waals surface area contributed by atoms with E-state index in [0.29, 0.717) is 25.7 Å². The Kier molecular flexibility index (Phi) is 4.58. The minimum Gasteiger partial charge on any atom is -0.378 e. The number of carbonyl (C=O) groups excluding carboxylic acids is 1. The van der Waals surface area contributed by atoms with Gasteiger partial charge in [0.25, 0.3) is 0 Å². The molecule has 3 rings (SSSR count). The van der Waals surface area contributed by atoms with Crippen molar-refractivity contribution in [3.8, 4) is 0 Å². The van der Waals surface area contributed by atoms with Crippen LogP contribution in [0, 0.1) is 0 Å². The van der Waals surface area contributed by atoms with Gasteiger partial charge in [-0.05, 0) is 25.7 Å². The molecule has 3 aliphatic heterocycles. The number of hydrogen-bond acceptors (Lipinski definition) is 4. The van der Waals surface area contributed by atoms with E-state index in [1.807, 2.05) is 4.90 Å². The molecule has 1 amide bonds. The smallest absolute Gasteiger partial charge is 0.222 e. The molecule has 3 heterocycles. The van der Waals surface area contributed by atoms with Gasteiger partial charge in [-0.25, -0.2) is 0 Å². The van der Waals surface area contributed by atoms with Crippen LogP contribution in [0.4, 0.5) is 0 Å². The molecule has 3 aliphatic rings. The van der Waals surface area contributed by atoms with Gasteiger partial charge in [0.15, 0.2) is 5.79 Å². The number of likely N-dealkylation sites (tertiary alicyclic amines) is 1. The minimum atomic E-state index is -0.386. The molecule has 0 aromatic rings. The Balaban J connectivity index is 1.39. The second kappa shape index (κ2) is 6.41. The fourth-order valence-corrected chi connectivity index (χ4v) is 3.36. The van der Waals surface area contributed by atoms with Crippen molar-refractivity contribution in [1.29, 1.82) is 0 Å². The van der Waals surface area contributed by atoms with Crippen LogP contribution in [0.5, 0.6) is 0 Å². The van der Waals surface area contributed by atoms with Crippen LogP contribution in [0.25, 0.3) is 0 Å². The number of nitrogens with zero attached hydrogens (tertiary/aromatic N) is 1. The van der Waals surface area contributed by atoms with E-state index < -0.39 is 0 Å². The van der Waals surface area contributed by atoms with Gasteiger partial charge in [-0.3, -0.25) is 4.79 Å². The van der Waals surface area contributed by atoms with Crippen molar-refractivity contribution in [3.63, 3.8) is 0 Å². The number of hydrogen-bond donors (Lipinski definition) is 0. The molecule has 5 heteroatoms. The Hall–Kier alpha value is -0.650. The van der Waals surface area contributed by atoms with Crippen molar-refractivity contribution >= 4 is 5.91 Å². The highest BCUT2D eigenvalue weighted by atomic mass is 16.7. The highest BCUT2D eigenvalue weighted by Gasteiger charge is 2.40. The average Bonchev–Trinajstić information content (AvgIpc) is 2.95. The van der Waals surface area contributed by atoms with Crippen LogP contribution in [0.2, 0.25) is 0 Å². The molecule has 1 unspecified atom stereocenters. The first-order valence-electron chi connectivity index (χ1n) is 7.95. The molecule has 0 radical (unpaired) electrons. The van der Waals surface area contributed by atoms with Crippen LogP contribution in [0.3, 0.4) is 0 Å². The van der Waals surface area contributed by atoms with Gasteiger partial charge >= 0.3 is 0 Å². The standard InChI is InChI=1S/C15H25NO4/c17-14(5-4-13-3-1-2-10-18-13)16-8-6-15(7-9-16)19-11-12-20-15/h13H,1-12H2. The maximum absolute atomic E-state index is 12.2. The summed E-state index contributed by atoms with van der Waals surface area (Å²) < 4.78 is 17.0. The van der Waals surface area contributed by atoms with Gasteiger partial charge in [-0.2, -0.15) is 0 Å². The molecular weight excluding hydrogens is 258 g/mol. The Bertz CT molecular complexity index is 325. The van der Waals surface area contributed by atoms with Gasteiger partial charge in [0.2, 0.25) is 5.91 Å². The van der Waals surface area contributed by atoms with E-state index >= 15 is 0 Å². The summed E-state index contributed by atoms with van der Waals surface area (Å²) in [5.41, 5.74) is 0. The predicted octanol–water partition coefficient (Wildman–Crippen LogP) is 1.70. The van der Waals surface area contributed by atoms with Crippen LogP contribution in [0.15, 0.2) is 0 Å². The van der Waals surface area contributed by atoms with Gasteiger partial charge < -0.3 is 19.1 Å². The lowest BCUT2D eigenvalue weighted by Gasteiger charge is -2.37. The van der Waals surface area contributed by atoms with Crippen LogP contribution < -0.4 is 0 Å². The van der Waals surface area contributed by atoms with Crippen LogP contribution >= 0.6 is 0 Å². The molecule has 0 N–H and O–H groups in total. The van der Waals surface area contributed by atoms with Gasteiger partial charge in [0.1, 0.15) is 0 Å². The largest absolute Gasteiger partial charge is 0.378 e. The molecule has 0 aromatic carbocycles. The van der Waals surface area contributed by atoms with Crippen LogP contribution in [-0.2, 0) is 19.0 Å². The third kappa shape index (κ3) is 3.32. The monoisotopic (exact) mass is 283 g/mol. The van der Waals surface area contributed by atoms with Crippen molar-refractivity contribution in [2.24, 2.45) is 0 Å². The summed E-state index contributed by atoms with van der Waals surface area (Å²) in [6.45, 7) is 3.74. The summed E-state index contributed by atoms with van der Waals surface area (Å²) in [7, 11) is 0. The Morgan fingerprint density at radius 3 is 2.50 bits per heavy atom. The van der Waals surface area contributed by atoms with Gasteiger partial charge in [0.05, 0.1) is 19.3 Å². The molecular formula is C15H25NO4. The number of ether oxygens (including phenoxy) is 3. The molecule has 114 valence electrons. The van der Waals surface area contributed by atoms with Gasteiger partial charge in [-0.1, -0.05) is 0 Å². The number of piperidine rings is 1. The van der Waals surface area contributed by atoms with Crippen LogP contribution in [0.1, 0.15) is 44.9 Å². The first-order valence-corrected chi connectivity index (χ1v) is 7.95. The second-order valence-electron chi connectivity index (χ2n) is 6.02. The molecule has 0 aliphatic carbocycles. The lowest BCUT2D eigenvalue weighted by molar-refractivity contribution is -0.187. The summed E-state index contributed by atoms with van der Waals surface area (Å²) in [6, 6.07) is 0. The predicted molar refractivity (Wildman–Crippen MR) is 73.3 cm³/mol. The lowest BCUT2D eigenvalue weighted by atomic mass is 10.0. The van der Waals surface area contributed by atoms with E-state index in [0.717, 1.165) is 45.4 Å². The molecule has 3 fully saturated rings. The Labute approximate surface area is 120 Å². The summed E-state index contributed by atoms with van der Waals surface area (Å²) in [4.78, 5) is 14.2. The zero-order valence-electron chi connectivity index (χ0n) is 12.1. The number of carbonyl (C=O) groups is 1. The summed E-state index contributed by atoms with van der Waals surface area (Å²) in [5, 5.41) is 0. The third-order valence-corrected chi connectivity index (χ3v) is 4.65. The molecule has 20 heavy (non-hydrogen) atoms. The lowest BCUT2D eigenvalue weighted by Crippen LogP contribution is -2.47. The molecule has 0 aromatic heterocycles. The molecule has 1 spiro atoms. The van der Waals surface area contributed by atoms with Crippen molar-refractivity contribution in [1.82, 2.24) is 4.90 Å². The van der Waals surface area contributed by atoms with Crippen molar-refractivity contribution in [3.05, 3.63) is 0 Å². The fraction of sp³-hybridized carbons (Fsp3) is 0.933. The fourth-order valence-electron chi connectivity index (χ4n) is 3.36. The van der Waals surface area contributed by atoms with Crippen molar-refractivity contribution < 1.29 is 19.0 Å². The van der Waals surface area contributed by atoms with E-state index in [-0.39, 0.29) is 11.7 Å². The van der Waals surface area contributed by atoms with Crippen molar-refractivity contribution in [2.75, 3.05) is 32.9 Å². The SMILES string of the molecule is O=C(CCC1CCCCO1)N1CCC2(CC1)OCCO2. The number of rotatable bonds is 3. The first-order chi connectivity index (χ1) is 9.77. The molecule has 1 atom stereocenters. The van der Waals surface area contributed by atoms with E-state index in [1.54, 1.807) is 0 Å². The van der Waals surface area contributed by atoms with Gasteiger partial charge in [0, 0.05) is 39.0 Å². The van der Waals surface area contributed by atoms with Crippen molar-refractivity contribution in [2.45, 2.75) is 56.8 Å². The van der Waals surface area contributed by atoms with E-state index in [9.17, 15) is 4.79 Å². The molecule has 5 nitrogen and oxygen atoms in total. The maximum Gasteiger partial charge on any atom is 0.222 e.